The predicted octanol–water partition coefficient (Wildman–Crippen LogP) is 4.56. The predicted molar refractivity (Wildman–Crippen MR) is 80.9 cm³/mol. The van der Waals surface area contributed by atoms with Crippen LogP contribution in [0.2, 0.25) is 0 Å². The van der Waals surface area contributed by atoms with E-state index in [2.05, 4.69) is 15.9 Å². The lowest BCUT2D eigenvalue weighted by molar-refractivity contribution is 0.197. The number of hydrogen-bond acceptors (Lipinski definition) is 2. The number of benzene rings is 2. The first-order valence-electron chi connectivity index (χ1n) is 6.16. The molecule has 0 bridgehead atoms. The molecule has 0 saturated carbocycles. The summed E-state index contributed by atoms with van der Waals surface area (Å²) < 4.78 is 40.5. The van der Waals surface area contributed by atoms with Crippen LogP contribution >= 0.6 is 27.7 Å². The molecule has 1 unspecified atom stereocenters. The van der Waals surface area contributed by atoms with Gasteiger partial charge in [-0.15, -0.1) is 11.8 Å². The first-order chi connectivity index (χ1) is 9.97. The van der Waals surface area contributed by atoms with Gasteiger partial charge in [0.05, 0.1) is 10.6 Å². The van der Waals surface area contributed by atoms with Crippen LogP contribution in [0.25, 0.3) is 0 Å². The second-order valence-electron chi connectivity index (χ2n) is 4.45. The van der Waals surface area contributed by atoms with Gasteiger partial charge in [0.15, 0.2) is 0 Å². The van der Waals surface area contributed by atoms with Crippen LogP contribution in [0.5, 0.6) is 0 Å². The summed E-state index contributed by atoms with van der Waals surface area (Å²) in [5.74, 6) is -1.54. The van der Waals surface area contributed by atoms with Gasteiger partial charge >= 0.3 is 0 Å². The van der Waals surface area contributed by atoms with Gasteiger partial charge in [-0.1, -0.05) is 6.07 Å². The van der Waals surface area contributed by atoms with Crippen molar-refractivity contribution in [3.05, 3.63) is 63.9 Å². The highest BCUT2D eigenvalue weighted by atomic mass is 79.9. The summed E-state index contributed by atoms with van der Waals surface area (Å²) in [6.45, 7) is 0. The van der Waals surface area contributed by atoms with E-state index in [0.29, 0.717) is 4.90 Å². The summed E-state index contributed by atoms with van der Waals surface area (Å²) in [6, 6.07) is 8.37. The SMILES string of the molecule is OC(CSc1cccc(F)c1)Cc1c(F)ccc(Br)c1F. The molecule has 6 heteroatoms. The van der Waals surface area contributed by atoms with Crippen molar-refractivity contribution in [1.82, 2.24) is 0 Å². The van der Waals surface area contributed by atoms with E-state index in [0.717, 1.165) is 6.07 Å². The number of halogens is 4. The molecule has 0 aromatic heterocycles. The minimum atomic E-state index is -0.934. The molecule has 1 N–H and O–H groups in total. The molecule has 0 aliphatic carbocycles. The number of rotatable bonds is 5. The first kappa shape index (κ1) is 16.4. The second-order valence-corrected chi connectivity index (χ2v) is 6.40. The first-order valence-corrected chi connectivity index (χ1v) is 7.94. The Labute approximate surface area is 133 Å². The number of aliphatic hydroxyl groups is 1. The summed E-state index contributed by atoms with van der Waals surface area (Å²) in [6.07, 6.45) is -1.07. The fraction of sp³-hybridized carbons (Fsp3) is 0.200. The molecule has 2 aromatic carbocycles. The zero-order valence-electron chi connectivity index (χ0n) is 10.8. The van der Waals surface area contributed by atoms with E-state index in [-0.39, 0.29) is 28.0 Å². The van der Waals surface area contributed by atoms with E-state index < -0.39 is 17.7 Å². The number of thioether (sulfide) groups is 1. The van der Waals surface area contributed by atoms with Crippen molar-refractivity contribution >= 4 is 27.7 Å². The molecule has 0 radical (unpaired) electrons. The quantitative estimate of drug-likeness (QED) is 0.609. The molecule has 2 aromatic rings. The van der Waals surface area contributed by atoms with Gasteiger partial charge in [0.2, 0.25) is 0 Å². The van der Waals surface area contributed by atoms with Crippen LogP contribution in [0.1, 0.15) is 5.56 Å². The summed E-state index contributed by atoms with van der Waals surface area (Å²) in [5.41, 5.74) is -0.156. The maximum Gasteiger partial charge on any atom is 0.143 e. The molecule has 0 amide bonds. The summed E-state index contributed by atoms with van der Waals surface area (Å²) in [7, 11) is 0. The monoisotopic (exact) mass is 376 g/mol. The summed E-state index contributed by atoms with van der Waals surface area (Å²) >= 11 is 4.21. The fourth-order valence-electron chi connectivity index (χ4n) is 1.80. The van der Waals surface area contributed by atoms with Crippen LogP contribution < -0.4 is 0 Å². The third-order valence-electron chi connectivity index (χ3n) is 2.82. The van der Waals surface area contributed by atoms with Gasteiger partial charge in [-0.2, -0.15) is 0 Å². The van der Waals surface area contributed by atoms with Crippen LogP contribution in [0.15, 0.2) is 45.8 Å². The van der Waals surface area contributed by atoms with E-state index in [1.165, 1.54) is 30.0 Å². The van der Waals surface area contributed by atoms with Crippen molar-refractivity contribution in [3.8, 4) is 0 Å². The molecular formula is C15H12BrF3OS. The third-order valence-corrected chi connectivity index (χ3v) is 4.57. The molecular weight excluding hydrogens is 365 g/mol. The molecule has 112 valence electrons. The third kappa shape index (κ3) is 4.49. The van der Waals surface area contributed by atoms with Crippen LogP contribution in [-0.2, 0) is 6.42 Å². The molecule has 1 nitrogen and oxygen atoms in total. The number of hydrogen-bond donors (Lipinski definition) is 1. The Kier molecular flexibility index (Phi) is 5.72. The van der Waals surface area contributed by atoms with Gasteiger partial charge in [0, 0.05) is 22.6 Å². The van der Waals surface area contributed by atoms with Crippen molar-refractivity contribution in [2.75, 3.05) is 5.75 Å². The molecule has 0 aliphatic rings. The molecule has 0 heterocycles. The van der Waals surface area contributed by atoms with Gasteiger partial charge in [0.1, 0.15) is 17.5 Å². The lowest BCUT2D eigenvalue weighted by Gasteiger charge is -2.12. The maximum atomic E-state index is 13.8. The molecule has 1 atom stereocenters. The molecule has 0 aliphatic heterocycles. The van der Waals surface area contributed by atoms with E-state index in [4.69, 9.17) is 0 Å². The molecule has 0 fully saturated rings. The highest BCUT2D eigenvalue weighted by Gasteiger charge is 2.16. The van der Waals surface area contributed by atoms with Gasteiger partial charge in [-0.3, -0.25) is 0 Å². The van der Waals surface area contributed by atoms with E-state index in [9.17, 15) is 18.3 Å². The average molecular weight is 377 g/mol. The van der Waals surface area contributed by atoms with Gasteiger partial charge < -0.3 is 5.11 Å². The Hall–Kier alpha value is -0.980. The van der Waals surface area contributed by atoms with E-state index >= 15 is 0 Å². The molecule has 0 saturated heterocycles. The van der Waals surface area contributed by atoms with E-state index in [1.807, 2.05) is 0 Å². The average Bonchev–Trinajstić information content (AvgIpc) is 2.46. The Bertz CT molecular complexity index is 636. The molecule has 2 rings (SSSR count). The normalized spacial score (nSPS) is 12.4. The second kappa shape index (κ2) is 7.33. The standard InChI is InChI=1S/C15H12BrF3OS/c16-13-4-5-14(18)12(15(13)19)7-10(20)8-21-11-3-1-2-9(17)6-11/h1-6,10,20H,7-8H2. The van der Waals surface area contributed by atoms with Crippen molar-refractivity contribution in [3.63, 3.8) is 0 Å². The maximum absolute atomic E-state index is 13.8. The fourth-order valence-corrected chi connectivity index (χ4v) is 3.04. The van der Waals surface area contributed by atoms with Gasteiger partial charge in [0.25, 0.3) is 0 Å². The largest absolute Gasteiger partial charge is 0.392 e. The van der Waals surface area contributed by atoms with Crippen LogP contribution in [0.3, 0.4) is 0 Å². The Morgan fingerprint density at radius 3 is 2.62 bits per heavy atom. The van der Waals surface area contributed by atoms with Crippen molar-refractivity contribution in [2.24, 2.45) is 0 Å². The van der Waals surface area contributed by atoms with Crippen LogP contribution in [0.4, 0.5) is 13.2 Å². The lowest BCUT2D eigenvalue weighted by Crippen LogP contribution is -2.16. The highest BCUT2D eigenvalue weighted by molar-refractivity contribution is 9.10. The Morgan fingerprint density at radius 1 is 1.14 bits per heavy atom. The van der Waals surface area contributed by atoms with Crippen molar-refractivity contribution in [2.45, 2.75) is 17.4 Å². The zero-order chi connectivity index (χ0) is 15.4. The van der Waals surface area contributed by atoms with Crippen LogP contribution in [0, 0.1) is 17.5 Å². The topological polar surface area (TPSA) is 20.2 Å². The van der Waals surface area contributed by atoms with Crippen molar-refractivity contribution in [1.29, 1.82) is 0 Å². The van der Waals surface area contributed by atoms with Gasteiger partial charge in [-0.25, -0.2) is 13.2 Å². The molecule has 0 spiro atoms. The smallest absolute Gasteiger partial charge is 0.143 e. The Balaban J connectivity index is 1.99. The minimum Gasteiger partial charge on any atom is -0.392 e. The van der Waals surface area contributed by atoms with Crippen molar-refractivity contribution < 1.29 is 18.3 Å². The highest BCUT2D eigenvalue weighted by Crippen LogP contribution is 2.25. The summed E-state index contributed by atoms with van der Waals surface area (Å²) in [4.78, 5) is 0.657. The number of aliphatic hydroxyl groups excluding tert-OH is 1. The Morgan fingerprint density at radius 2 is 1.90 bits per heavy atom. The van der Waals surface area contributed by atoms with Gasteiger partial charge in [-0.05, 0) is 46.3 Å². The van der Waals surface area contributed by atoms with Crippen LogP contribution in [-0.4, -0.2) is 17.0 Å². The minimum absolute atomic E-state index is 0.139. The van der Waals surface area contributed by atoms with E-state index in [1.54, 1.807) is 12.1 Å². The lowest BCUT2D eigenvalue weighted by atomic mass is 10.1. The molecule has 21 heavy (non-hydrogen) atoms. The summed E-state index contributed by atoms with van der Waals surface area (Å²) in [5, 5.41) is 9.91. The zero-order valence-corrected chi connectivity index (χ0v) is 13.2.